The van der Waals surface area contributed by atoms with Crippen LogP contribution in [0, 0.1) is 0 Å². The monoisotopic (exact) mass is 344 g/mol. The van der Waals surface area contributed by atoms with E-state index in [-0.39, 0.29) is 11.9 Å². The Morgan fingerprint density at radius 3 is 2.47 bits per heavy atom. The molecule has 5 heteroatoms. The maximum atomic E-state index is 11.6. The fourth-order valence-electron chi connectivity index (χ4n) is 1.81. The lowest BCUT2D eigenvalue weighted by molar-refractivity contribution is -0.124. The molecule has 0 spiro atoms. The van der Waals surface area contributed by atoms with Gasteiger partial charge >= 0.3 is 0 Å². The van der Waals surface area contributed by atoms with E-state index in [9.17, 15) is 4.79 Å². The van der Waals surface area contributed by atoms with E-state index in [0.29, 0.717) is 6.42 Å². The fourth-order valence-corrected chi connectivity index (χ4v) is 3.15. The molecule has 0 aromatic heterocycles. The number of nitrogens with one attached hydrogen (secondary N) is 1. The highest BCUT2D eigenvalue weighted by atomic mass is 79.9. The summed E-state index contributed by atoms with van der Waals surface area (Å²) in [5.41, 5.74) is 4.86. The Bertz CT molecular complexity index is 422. The van der Waals surface area contributed by atoms with Crippen molar-refractivity contribution in [2.75, 3.05) is 5.75 Å². The molecule has 3 nitrogen and oxygen atoms in total. The number of benzene rings is 1. The normalized spacial score (nSPS) is 14.4. The van der Waals surface area contributed by atoms with Gasteiger partial charge in [-0.2, -0.15) is 0 Å². The van der Waals surface area contributed by atoms with Crippen LogP contribution in [0.3, 0.4) is 0 Å². The number of amides is 1. The fraction of sp³-hybridized carbons (Fsp3) is 0.500. The van der Waals surface area contributed by atoms with Crippen molar-refractivity contribution in [3.05, 3.63) is 28.7 Å². The van der Waals surface area contributed by atoms with Crippen molar-refractivity contribution < 1.29 is 4.79 Å². The largest absolute Gasteiger partial charge is 0.368 e. The molecule has 106 valence electrons. The van der Waals surface area contributed by atoms with E-state index in [1.165, 1.54) is 4.90 Å². The lowest BCUT2D eigenvalue weighted by Crippen LogP contribution is -2.55. The molecule has 0 aliphatic carbocycles. The Morgan fingerprint density at radius 1 is 1.42 bits per heavy atom. The Hall–Kier alpha value is -0.520. The summed E-state index contributed by atoms with van der Waals surface area (Å²) < 4.78 is 1.07. The Balaban J connectivity index is 2.53. The summed E-state index contributed by atoms with van der Waals surface area (Å²) in [5, 5.41) is 3.26. The lowest BCUT2D eigenvalue weighted by Gasteiger charge is -2.29. The number of carbonyl (C=O) groups excluding carboxylic acids is 1. The molecule has 1 atom stereocenters. The Labute approximate surface area is 127 Å². The minimum Gasteiger partial charge on any atom is -0.368 e. The zero-order valence-corrected chi connectivity index (χ0v) is 14.0. The van der Waals surface area contributed by atoms with E-state index in [1.807, 2.05) is 32.9 Å². The maximum Gasteiger partial charge on any atom is 0.237 e. The lowest BCUT2D eigenvalue weighted by atomic mass is 9.97. The number of hydrogen-bond acceptors (Lipinski definition) is 3. The van der Waals surface area contributed by atoms with Crippen molar-refractivity contribution in [2.24, 2.45) is 5.73 Å². The summed E-state index contributed by atoms with van der Waals surface area (Å²) in [6.07, 6.45) is 0.710. The summed E-state index contributed by atoms with van der Waals surface area (Å²) in [6, 6.07) is 8.39. The van der Waals surface area contributed by atoms with Crippen LogP contribution in [-0.2, 0) is 4.79 Å². The summed E-state index contributed by atoms with van der Waals surface area (Å²) in [5.74, 6) is 0.554. The third-order valence-corrected chi connectivity index (χ3v) is 4.38. The number of carbonyl (C=O) groups is 1. The van der Waals surface area contributed by atoms with Crippen molar-refractivity contribution >= 4 is 33.6 Å². The zero-order valence-electron chi connectivity index (χ0n) is 11.6. The van der Waals surface area contributed by atoms with Crippen LogP contribution >= 0.6 is 27.7 Å². The molecule has 0 radical (unpaired) electrons. The predicted molar refractivity (Wildman–Crippen MR) is 85.4 cm³/mol. The molecular weight excluding hydrogens is 324 g/mol. The molecule has 0 saturated carbocycles. The second kappa shape index (κ2) is 7.31. The number of halogens is 1. The Morgan fingerprint density at radius 2 is 2.00 bits per heavy atom. The molecule has 0 aliphatic rings. The summed E-state index contributed by atoms with van der Waals surface area (Å²) in [6.45, 7) is 5.91. The van der Waals surface area contributed by atoms with E-state index < -0.39 is 5.54 Å². The Kier molecular flexibility index (Phi) is 6.36. The van der Waals surface area contributed by atoms with Gasteiger partial charge in [-0.25, -0.2) is 0 Å². The van der Waals surface area contributed by atoms with Gasteiger partial charge < -0.3 is 11.1 Å². The highest BCUT2D eigenvalue weighted by Crippen LogP contribution is 2.23. The maximum absolute atomic E-state index is 11.6. The zero-order chi connectivity index (χ0) is 14.5. The molecule has 1 aromatic carbocycles. The van der Waals surface area contributed by atoms with Gasteiger partial charge in [-0.3, -0.25) is 4.79 Å². The van der Waals surface area contributed by atoms with Gasteiger partial charge in [0, 0.05) is 21.2 Å². The molecular formula is C14H21BrN2OS. The minimum atomic E-state index is -0.642. The first-order valence-electron chi connectivity index (χ1n) is 6.29. The number of nitrogens with two attached hydrogens (primary N) is 1. The molecule has 0 fully saturated rings. The second-order valence-corrected chi connectivity index (χ2v) is 7.13. The molecule has 1 rings (SSSR count). The molecule has 1 aromatic rings. The van der Waals surface area contributed by atoms with Gasteiger partial charge in [-0.05, 0) is 51.5 Å². The number of thioether (sulfide) groups is 1. The first-order valence-corrected chi connectivity index (χ1v) is 8.07. The van der Waals surface area contributed by atoms with Crippen LogP contribution in [-0.4, -0.2) is 23.2 Å². The first kappa shape index (κ1) is 16.5. The van der Waals surface area contributed by atoms with Crippen molar-refractivity contribution in [2.45, 2.75) is 43.7 Å². The second-order valence-electron chi connectivity index (χ2n) is 5.05. The summed E-state index contributed by atoms with van der Waals surface area (Å²) in [4.78, 5) is 12.8. The van der Waals surface area contributed by atoms with Crippen molar-refractivity contribution in [3.8, 4) is 0 Å². The quantitative estimate of drug-likeness (QED) is 0.747. The van der Waals surface area contributed by atoms with E-state index in [0.717, 1.165) is 10.2 Å². The smallest absolute Gasteiger partial charge is 0.237 e. The SMILES string of the molecule is CC(C)NC(C)(CCSc1ccc(Br)cc1)C(N)=O. The van der Waals surface area contributed by atoms with Crippen molar-refractivity contribution in [3.63, 3.8) is 0 Å². The van der Waals surface area contributed by atoms with Gasteiger partial charge in [0.1, 0.15) is 0 Å². The topological polar surface area (TPSA) is 55.1 Å². The van der Waals surface area contributed by atoms with Crippen LogP contribution in [0.25, 0.3) is 0 Å². The summed E-state index contributed by atoms with van der Waals surface area (Å²) >= 11 is 5.14. The highest BCUT2D eigenvalue weighted by molar-refractivity contribution is 9.10. The number of hydrogen-bond donors (Lipinski definition) is 2. The molecule has 1 amide bonds. The van der Waals surface area contributed by atoms with Crippen LogP contribution < -0.4 is 11.1 Å². The van der Waals surface area contributed by atoms with Gasteiger partial charge in [0.05, 0.1) is 5.54 Å². The first-order chi connectivity index (χ1) is 8.83. The molecule has 3 N–H and O–H groups in total. The van der Waals surface area contributed by atoms with Crippen LogP contribution in [0.15, 0.2) is 33.6 Å². The summed E-state index contributed by atoms with van der Waals surface area (Å²) in [7, 11) is 0. The van der Waals surface area contributed by atoms with Crippen LogP contribution in [0.5, 0.6) is 0 Å². The van der Waals surface area contributed by atoms with Crippen molar-refractivity contribution in [1.29, 1.82) is 0 Å². The third kappa shape index (κ3) is 5.55. The average molecular weight is 345 g/mol. The third-order valence-electron chi connectivity index (χ3n) is 2.84. The van der Waals surface area contributed by atoms with Crippen LogP contribution in [0.4, 0.5) is 0 Å². The molecule has 0 heterocycles. The van der Waals surface area contributed by atoms with Gasteiger partial charge in [-0.1, -0.05) is 15.9 Å². The minimum absolute atomic E-state index is 0.232. The molecule has 1 unspecified atom stereocenters. The molecule has 0 bridgehead atoms. The average Bonchev–Trinajstić information content (AvgIpc) is 2.30. The molecule has 19 heavy (non-hydrogen) atoms. The van der Waals surface area contributed by atoms with E-state index in [4.69, 9.17) is 5.73 Å². The van der Waals surface area contributed by atoms with Gasteiger partial charge in [0.25, 0.3) is 0 Å². The number of primary amides is 1. The van der Waals surface area contributed by atoms with Gasteiger partial charge in [0.15, 0.2) is 0 Å². The van der Waals surface area contributed by atoms with Crippen molar-refractivity contribution in [1.82, 2.24) is 5.32 Å². The van der Waals surface area contributed by atoms with E-state index in [2.05, 4.69) is 33.4 Å². The molecule has 0 aliphatic heterocycles. The van der Waals surface area contributed by atoms with Gasteiger partial charge in [0.2, 0.25) is 5.91 Å². The number of rotatable bonds is 7. The van der Waals surface area contributed by atoms with E-state index in [1.54, 1.807) is 11.8 Å². The molecule has 0 saturated heterocycles. The van der Waals surface area contributed by atoms with Crippen LogP contribution in [0.1, 0.15) is 27.2 Å². The predicted octanol–water partition coefficient (Wildman–Crippen LogP) is 3.17. The van der Waals surface area contributed by atoms with E-state index >= 15 is 0 Å². The standard InChI is InChI=1S/C14H21BrN2OS/c1-10(2)17-14(3,13(16)18)8-9-19-12-6-4-11(15)5-7-12/h4-7,10,17H,8-9H2,1-3H3,(H2,16,18). The van der Waals surface area contributed by atoms with Gasteiger partial charge in [-0.15, -0.1) is 11.8 Å². The highest BCUT2D eigenvalue weighted by Gasteiger charge is 2.30. The van der Waals surface area contributed by atoms with Crippen LogP contribution in [0.2, 0.25) is 0 Å².